The van der Waals surface area contributed by atoms with Crippen molar-refractivity contribution in [2.45, 2.75) is 51.1 Å². The molecule has 1 amide bonds. The van der Waals surface area contributed by atoms with Crippen molar-refractivity contribution in [2.75, 3.05) is 13.7 Å². The molecule has 1 heterocycles. The molecule has 1 fully saturated rings. The number of methoxy groups -OCH3 is 1. The number of nitrogens with one attached hydrogen (secondary N) is 2. The van der Waals surface area contributed by atoms with E-state index >= 15 is 0 Å². The van der Waals surface area contributed by atoms with Crippen LogP contribution in [0.5, 0.6) is 5.75 Å². The highest BCUT2D eigenvalue weighted by Crippen LogP contribution is 2.13. The van der Waals surface area contributed by atoms with Crippen LogP contribution in [0.25, 0.3) is 0 Å². The lowest BCUT2D eigenvalue weighted by molar-refractivity contribution is -0.124. The average Bonchev–Trinajstić information content (AvgIpc) is 2.54. The highest BCUT2D eigenvalue weighted by atomic mass is 35.5. The third-order valence-corrected chi connectivity index (χ3v) is 4.04. The summed E-state index contributed by atoms with van der Waals surface area (Å²) in [6, 6.07) is 8.31. The van der Waals surface area contributed by atoms with Crippen LogP contribution in [-0.2, 0) is 11.2 Å². The van der Waals surface area contributed by atoms with Crippen molar-refractivity contribution >= 4 is 18.3 Å². The van der Waals surface area contributed by atoms with Gasteiger partial charge < -0.3 is 15.4 Å². The van der Waals surface area contributed by atoms with Crippen molar-refractivity contribution in [3.63, 3.8) is 0 Å². The molecule has 124 valence electrons. The predicted molar refractivity (Wildman–Crippen MR) is 91.8 cm³/mol. The molecule has 1 aliphatic rings. The lowest BCUT2D eigenvalue weighted by Gasteiger charge is -2.24. The van der Waals surface area contributed by atoms with Crippen LogP contribution in [0.15, 0.2) is 24.3 Å². The van der Waals surface area contributed by atoms with E-state index in [0.29, 0.717) is 0 Å². The second-order valence-electron chi connectivity index (χ2n) is 5.80. The zero-order chi connectivity index (χ0) is 15.1. The summed E-state index contributed by atoms with van der Waals surface area (Å²) in [5.41, 5.74) is 1.27. The van der Waals surface area contributed by atoms with Crippen LogP contribution in [-0.4, -0.2) is 31.6 Å². The maximum absolute atomic E-state index is 12.1. The van der Waals surface area contributed by atoms with Crippen molar-refractivity contribution < 1.29 is 9.53 Å². The molecule has 1 aromatic rings. The molecule has 0 radical (unpaired) electrons. The number of carbonyl (C=O) groups is 1. The summed E-state index contributed by atoms with van der Waals surface area (Å²) in [5.74, 6) is 1.03. The Kier molecular flexibility index (Phi) is 8.28. The number of rotatable bonds is 6. The van der Waals surface area contributed by atoms with Gasteiger partial charge in [-0.3, -0.25) is 4.79 Å². The number of aryl methyl sites for hydroxylation is 1. The number of hydrogen-bond donors (Lipinski definition) is 2. The van der Waals surface area contributed by atoms with Gasteiger partial charge in [0.15, 0.2) is 0 Å². The van der Waals surface area contributed by atoms with Gasteiger partial charge >= 0.3 is 0 Å². The van der Waals surface area contributed by atoms with E-state index in [1.165, 1.54) is 12.0 Å². The van der Waals surface area contributed by atoms with Gasteiger partial charge in [-0.15, -0.1) is 12.4 Å². The Morgan fingerprint density at radius 3 is 2.68 bits per heavy atom. The molecule has 0 saturated carbocycles. The van der Waals surface area contributed by atoms with Gasteiger partial charge in [0.25, 0.3) is 0 Å². The standard InChI is InChI=1S/C17H26N2O2.ClH/c1-13(19-17(20)16-5-3-4-12-18-16)6-7-14-8-10-15(21-2)11-9-14;/h8-11,13,16,18H,3-7,12H2,1-2H3,(H,19,20);1H. The Balaban J connectivity index is 0.00000242. The Bertz CT molecular complexity index is 444. The Morgan fingerprint density at radius 1 is 1.36 bits per heavy atom. The van der Waals surface area contributed by atoms with Crippen molar-refractivity contribution in [1.82, 2.24) is 10.6 Å². The molecule has 1 aliphatic heterocycles. The molecule has 2 unspecified atom stereocenters. The molecular formula is C17H27ClN2O2. The lowest BCUT2D eigenvalue weighted by Crippen LogP contribution is -2.49. The van der Waals surface area contributed by atoms with Crippen molar-refractivity contribution in [3.05, 3.63) is 29.8 Å². The quantitative estimate of drug-likeness (QED) is 0.845. The van der Waals surface area contributed by atoms with Gasteiger partial charge in [-0.2, -0.15) is 0 Å². The maximum Gasteiger partial charge on any atom is 0.237 e. The molecule has 22 heavy (non-hydrogen) atoms. The fraction of sp³-hybridized carbons (Fsp3) is 0.588. The van der Waals surface area contributed by atoms with Crippen LogP contribution < -0.4 is 15.4 Å². The number of piperidine rings is 1. The first-order valence-corrected chi connectivity index (χ1v) is 7.85. The summed E-state index contributed by atoms with van der Waals surface area (Å²) in [4.78, 5) is 12.1. The molecule has 0 aromatic heterocycles. The van der Waals surface area contributed by atoms with Crippen LogP contribution >= 0.6 is 12.4 Å². The first-order chi connectivity index (χ1) is 10.2. The first kappa shape index (κ1) is 18.8. The number of halogens is 1. The van der Waals surface area contributed by atoms with Crippen molar-refractivity contribution in [2.24, 2.45) is 0 Å². The van der Waals surface area contributed by atoms with Crippen LogP contribution in [0, 0.1) is 0 Å². The second kappa shape index (κ2) is 9.70. The van der Waals surface area contributed by atoms with Crippen LogP contribution in [0.1, 0.15) is 38.2 Å². The van der Waals surface area contributed by atoms with Crippen LogP contribution in [0.2, 0.25) is 0 Å². The van der Waals surface area contributed by atoms with E-state index in [-0.39, 0.29) is 30.4 Å². The minimum atomic E-state index is 0. The van der Waals surface area contributed by atoms with E-state index in [1.807, 2.05) is 12.1 Å². The number of carbonyl (C=O) groups excluding carboxylic acids is 1. The molecule has 5 heteroatoms. The molecule has 0 bridgehead atoms. The van der Waals surface area contributed by atoms with Gasteiger partial charge in [0.05, 0.1) is 13.2 Å². The predicted octanol–water partition coefficient (Wildman–Crippen LogP) is 2.70. The number of ether oxygens (including phenoxy) is 1. The fourth-order valence-electron chi connectivity index (χ4n) is 2.67. The summed E-state index contributed by atoms with van der Waals surface area (Å²) in [7, 11) is 1.67. The van der Waals surface area contributed by atoms with Gasteiger partial charge in [-0.05, 0) is 56.8 Å². The second-order valence-corrected chi connectivity index (χ2v) is 5.80. The minimum absolute atomic E-state index is 0. The molecular weight excluding hydrogens is 300 g/mol. The molecule has 2 rings (SSSR count). The maximum atomic E-state index is 12.1. The third kappa shape index (κ3) is 5.85. The smallest absolute Gasteiger partial charge is 0.237 e. The SMILES string of the molecule is COc1ccc(CCC(C)NC(=O)C2CCCCN2)cc1.Cl. The average molecular weight is 327 g/mol. The number of benzene rings is 1. The molecule has 1 saturated heterocycles. The van der Waals surface area contributed by atoms with Crippen LogP contribution in [0.3, 0.4) is 0 Å². The van der Waals surface area contributed by atoms with E-state index in [0.717, 1.165) is 38.0 Å². The Hall–Kier alpha value is -1.26. The van der Waals surface area contributed by atoms with E-state index in [4.69, 9.17) is 4.74 Å². The lowest BCUT2D eigenvalue weighted by atomic mass is 10.0. The third-order valence-electron chi connectivity index (χ3n) is 4.04. The molecule has 0 aliphatic carbocycles. The molecule has 4 nitrogen and oxygen atoms in total. The summed E-state index contributed by atoms with van der Waals surface area (Å²) in [6.07, 6.45) is 5.19. The van der Waals surface area contributed by atoms with Gasteiger partial charge in [-0.25, -0.2) is 0 Å². The normalized spacial score (nSPS) is 18.9. The molecule has 2 N–H and O–H groups in total. The fourth-order valence-corrected chi connectivity index (χ4v) is 2.67. The monoisotopic (exact) mass is 326 g/mol. The van der Waals surface area contributed by atoms with Gasteiger partial charge in [-0.1, -0.05) is 18.6 Å². The highest BCUT2D eigenvalue weighted by Gasteiger charge is 2.21. The largest absolute Gasteiger partial charge is 0.497 e. The van der Waals surface area contributed by atoms with E-state index < -0.39 is 0 Å². The zero-order valence-electron chi connectivity index (χ0n) is 13.4. The number of hydrogen-bond acceptors (Lipinski definition) is 3. The van der Waals surface area contributed by atoms with Gasteiger partial charge in [0, 0.05) is 6.04 Å². The summed E-state index contributed by atoms with van der Waals surface area (Å²) in [5, 5.41) is 6.40. The topological polar surface area (TPSA) is 50.4 Å². The van der Waals surface area contributed by atoms with Crippen molar-refractivity contribution in [3.8, 4) is 5.75 Å². The molecule has 0 spiro atoms. The summed E-state index contributed by atoms with van der Waals surface area (Å²) in [6.45, 7) is 3.03. The van der Waals surface area contributed by atoms with Gasteiger partial charge in [0.1, 0.15) is 5.75 Å². The Morgan fingerprint density at radius 2 is 2.09 bits per heavy atom. The van der Waals surface area contributed by atoms with Gasteiger partial charge in [0.2, 0.25) is 5.91 Å². The van der Waals surface area contributed by atoms with Crippen molar-refractivity contribution in [1.29, 1.82) is 0 Å². The summed E-state index contributed by atoms with van der Waals surface area (Å²) < 4.78 is 5.15. The summed E-state index contributed by atoms with van der Waals surface area (Å²) >= 11 is 0. The van der Waals surface area contributed by atoms with E-state index in [2.05, 4.69) is 29.7 Å². The highest BCUT2D eigenvalue weighted by molar-refractivity contribution is 5.85. The first-order valence-electron chi connectivity index (χ1n) is 7.85. The van der Waals surface area contributed by atoms with E-state index in [1.54, 1.807) is 7.11 Å². The number of amides is 1. The molecule has 1 aromatic carbocycles. The van der Waals surface area contributed by atoms with E-state index in [9.17, 15) is 4.79 Å². The van der Waals surface area contributed by atoms with Crippen LogP contribution in [0.4, 0.5) is 0 Å². The molecule has 2 atom stereocenters. The minimum Gasteiger partial charge on any atom is -0.497 e. The Labute approximate surface area is 139 Å². The zero-order valence-corrected chi connectivity index (χ0v) is 14.2.